The van der Waals surface area contributed by atoms with Crippen molar-refractivity contribution in [3.63, 3.8) is 0 Å². The molecule has 0 unspecified atom stereocenters. The van der Waals surface area contributed by atoms with E-state index >= 15 is 0 Å². The first-order chi connectivity index (χ1) is 11.1. The Morgan fingerprint density at radius 2 is 1.91 bits per heavy atom. The van der Waals surface area contributed by atoms with Crippen LogP contribution in [0.5, 0.6) is 0 Å². The van der Waals surface area contributed by atoms with E-state index < -0.39 is 5.91 Å². The highest BCUT2D eigenvalue weighted by atomic mass is 16.2. The summed E-state index contributed by atoms with van der Waals surface area (Å²) in [6.07, 6.45) is 2.97. The molecular weight excluding hydrogens is 290 g/mol. The Balaban J connectivity index is 1.93. The van der Waals surface area contributed by atoms with Crippen molar-refractivity contribution in [2.75, 3.05) is 0 Å². The van der Waals surface area contributed by atoms with Crippen LogP contribution in [0, 0.1) is 6.92 Å². The fourth-order valence-corrected chi connectivity index (χ4v) is 2.50. The van der Waals surface area contributed by atoms with Crippen molar-refractivity contribution >= 4 is 11.6 Å². The van der Waals surface area contributed by atoms with Crippen molar-refractivity contribution in [2.45, 2.75) is 19.9 Å². The van der Waals surface area contributed by atoms with Gasteiger partial charge in [-0.1, -0.05) is 36.4 Å². The quantitative estimate of drug-likeness (QED) is 0.808. The number of hydrogen-bond acceptors (Lipinski definition) is 3. The molecule has 5 heteroatoms. The minimum Gasteiger partial charge on any atom is -0.345 e. The third-order valence-corrected chi connectivity index (χ3v) is 3.82. The first-order valence-corrected chi connectivity index (χ1v) is 7.40. The smallest absolute Gasteiger partial charge is 0.270 e. The monoisotopic (exact) mass is 307 g/mol. The topological polar surface area (TPSA) is 63.5 Å². The Hall–Kier alpha value is -2.95. The molecule has 0 aliphatic carbocycles. The lowest BCUT2D eigenvalue weighted by atomic mass is 10.1. The highest BCUT2D eigenvalue weighted by Crippen LogP contribution is 2.12. The van der Waals surface area contributed by atoms with Gasteiger partial charge in [0.05, 0.1) is 6.04 Å². The van der Waals surface area contributed by atoms with Gasteiger partial charge in [0.2, 0.25) is 0 Å². The summed E-state index contributed by atoms with van der Waals surface area (Å²) in [5.74, 6) is -0.422. The average Bonchev–Trinajstić information content (AvgIpc) is 2.56. The Kier molecular flexibility index (Phi) is 3.93. The van der Waals surface area contributed by atoms with Crippen molar-refractivity contribution < 1.29 is 4.79 Å². The molecule has 2 aromatic heterocycles. The highest BCUT2D eigenvalue weighted by Gasteiger charge is 2.16. The number of carbonyl (C=O) groups is 1. The van der Waals surface area contributed by atoms with E-state index in [0.29, 0.717) is 5.65 Å². The van der Waals surface area contributed by atoms with E-state index in [2.05, 4.69) is 10.3 Å². The Labute approximate surface area is 133 Å². The number of rotatable bonds is 3. The molecule has 3 aromatic rings. The number of pyridine rings is 1. The van der Waals surface area contributed by atoms with E-state index in [1.807, 2.05) is 50.2 Å². The normalized spacial score (nSPS) is 12.1. The maximum absolute atomic E-state index is 12.5. The number of aryl methyl sites for hydroxylation is 1. The van der Waals surface area contributed by atoms with Gasteiger partial charge in [-0.3, -0.25) is 14.0 Å². The first kappa shape index (κ1) is 15.0. The highest BCUT2D eigenvalue weighted by molar-refractivity contribution is 5.94. The number of aromatic nitrogens is 2. The molecule has 5 nitrogen and oxygen atoms in total. The van der Waals surface area contributed by atoms with Crippen LogP contribution in [0.15, 0.2) is 59.7 Å². The molecule has 0 saturated carbocycles. The molecule has 0 fully saturated rings. The van der Waals surface area contributed by atoms with E-state index in [-0.39, 0.29) is 17.2 Å². The molecule has 0 radical (unpaired) electrons. The summed E-state index contributed by atoms with van der Waals surface area (Å²) >= 11 is 0. The average molecular weight is 307 g/mol. The Morgan fingerprint density at radius 1 is 1.17 bits per heavy atom. The van der Waals surface area contributed by atoms with Crippen LogP contribution in [-0.4, -0.2) is 15.3 Å². The van der Waals surface area contributed by atoms with Crippen LogP contribution in [0.3, 0.4) is 0 Å². The molecule has 1 atom stereocenters. The lowest BCUT2D eigenvalue weighted by molar-refractivity contribution is 0.0938. The zero-order valence-electron chi connectivity index (χ0n) is 13.0. The summed E-state index contributed by atoms with van der Waals surface area (Å²) in [6.45, 7) is 3.75. The van der Waals surface area contributed by atoms with Gasteiger partial charge in [0.15, 0.2) is 0 Å². The second kappa shape index (κ2) is 6.04. The molecule has 0 saturated heterocycles. The van der Waals surface area contributed by atoms with Crippen LogP contribution in [0.2, 0.25) is 0 Å². The van der Waals surface area contributed by atoms with E-state index in [9.17, 15) is 9.59 Å². The molecule has 116 valence electrons. The van der Waals surface area contributed by atoms with Crippen molar-refractivity contribution in [3.8, 4) is 0 Å². The second-order valence-electron chi connectivity index (χ2n) is 5.47. The molecule has 0 aliphatic heterocycles. The number of hydrogen-bond donors (Lipinski definition) is 1. The molecule has 1 aromatic carbocycles. The summed E-state index contributed by atoms with van der Waals surface area (Å²) in [4.78, 5) is 29.2. The molecule has 1 N–H and O–H groups in total. The lowest BCUT2D eigenvalue weighted by Crippen LogP contribution is -2.33. The van der Waals surface area contributed by atoms with E-state index in [0.717, 1.165) is 11.1 Å². The standard InChI is InChI=1S/C18H17N3O2/c1-12-7-6-10-21-16(12)19-11-15(18(21)23)17(22)20-13(2)14-8-4-3-5-9-14/h3-11,13H,1-2H3,(H,20,22)/t13-/m1/s1. The lowest BCUT2D eigenvalue weighted by Gasteiger charge is -2.14. The SMILES string of the molecule is Cc1cccn2c(=O)c(C(=O)N[C@H](C)c3ccccc3)cnc12. The second-order valence-corrected chi connectivity index (χ2v) is 5.47. The molecule has 1 amide bonds. The van der Waals surface area contributed by atoms with Gasteiger partial charge in [0, 0.05) is 12.4 Å². The van der Waals surface area contributed by atoms with Crippen LogP contribution < -0.4 is 10.9 Å². The van der Waals surface area contributed by atoms with Crippen LogP contribution in [0.25, 0.3) is 5.65 Å². The molecule has 0 aliphatic rings. The summed E-state index contributed by atoms with van der Waals surface area (Å²) in [5, 5.41) is 2.84. The Morgan fingerprint density at radius 3 is 2.65 bits per heavy atom. The predicted molar refractivity (Wildman–Crippen MR) is 88.5 cm³/mol. The maximum atomic E-state index is 12.5. The zero-order chi connectivity index (χ0) is 16.4. The third kappa shape index (κ3) is 2.85. The summed E-state index contributed by atoms with van der Waals surface area (Å²) in [7, 11) is 0. The minimum absolute atomic E-state index is 0.0379. The number of carbonyl (C=O) groups excluding carboxylic acids is 1. The summed E-state index contributed by atoms with van der Waals surface area (Å²) in [6, 6.07) is 13.0. The first-order valence-electron chi connectivity index (χ1n) is 7.40. The molecule has 0 spiro atoms. The van der Waals surface area contributed by atoms with Gasteiger partial charge in [-0.25, -0.2) is 4.98 Å². The van der Waals surface area contributed by atoms with Gasteiger partial charge in [0.25, 0.3) is 11.5 Å². The number of nitrogens with one attached hydrogen (secondary N) is 1. The number of amides is 1. The fourth-order valence-electron chi connectivity index (χ4n) is 2.50. The van der Waals surface area contributed by atoms with Gasteiger partial charge in [-0.05, 0) is 31.0 Å². The van der Waals surface area contributed by atoms with Gasteiger partial charge >= 0.3 is 0 Å². The van der Waals surface area contributed by atoms with Crippen LogP contribution in [0.1, 0.15) is 34.5 Å². The fraction of sp³-hybridized carbons (Fsp3) is 0.167. The van der Waals surface area contributed by atoms with Gasteiger partial charge < -0.3 is 5.32 Å². The van der Waals surface area contributed by atoms with Crippen molar-refractivity contribution in [3.05, 3.63) is 81.9 Å². The van der Waals surface area contributed by atoms with E-state index in [4.69, 9.17) is 0 Å². The summed E-state index contributed by atoms with van der Waals surface area (Å²) in [5.41, 5.74) is 2.09. The third-order valence-electron chi connectivity index (χ3n) is 3.82. The van der Waals surface area contributed by atoms with Crippen molar-refractivity contribution in [1.82, 2.24) is 14.7 Å². The van der Waals surface area contributed by atoms with Gasteiger partial charge in [-0.2, -0.15) is 0 Å². The van der Waals surface area contributed by atoms with Crippen molar-refractivity contribution in [2.24, 2.45) is 0 Å². The Bertz CT molecular complexity index is 916. The van der Waals surface area contributed by atoms with Crippen molar-refractivity contribution in [1.29, 1.82) is 0 Å². The minimum atomic E-state index is -0.422. The molecule has 0 bridgehead atoms. The number of benzene rings is 1. The molecule has 2 heterocycles. The molecular formula is C18H17N3O2. The maximum Gasteiger partial charge on any atom is 0.270 e. The van der Waals surface area contributed by atoms with Crippen LogP contribution in [-0.2, 0) is 0 Å². The van der Waals surface area contributed by atoms with E-state index in [1.54, 1.807) is 12.3 Å². The van der Waals surface area contributed by atoms with E-state index in [1.165, 1.54) is 10.6 Å². The van der Waals surface area contributed by atoms with Crippen LogP contribution >= 0.6 is 0 Å². The predicted octanol–water partition coefficient (Wildman–Crippen LogP) is 2.49. The van der Waals surface area contributed by atoms with Gasteiger partial charge in [0.1, 0.15) is 11.2 Å². The molecule has 3 rings (SSSR count). The number of nitrogens with zero attached hydrogens (tertiary/aromatic N) is 2. The van der Waals surface area contributed by atoms with Crippen LogP contribution in [0.4, 0.5) is 0 Å². The zero-order valence-corrected chi connectivity index (χ0v) is 13.0. The molecule has 23 heavy (non-hydrogen) atoms. The number of fused-ring (bicyclic) bond motifs is 1. The van der Waals surface area contributed by atoms with Gasteiger partial charge in [-0.15, -0.1) is 0 Å². The largest absolute Gasteiger partial charge is 0.345 e. The summed E-state index contributed by atoms with van der Waals surface area (Å²) < 4.78 is 1.40.